The normalized spacial score (nSPS) is 12.1. The van der Waals surface area contributed by atoms with Crippen LogP contribution in [-0.2, 0) is 24.9 Å². The second-order valence-electron chi connectivity index (χ2n) is 10.3. The van der Waals surface area contributed by atoms with Crippen molar-refractivity contribution in [1.82, 2.24) is 14.4 Å². The number of ketones is 1. The number of allylic oxidation sites excluding steroid dienone is 2. The minimum absolute atomic E-state index is 0. The summed E-state index contributed by atoms with van der Waals surface area (Å²) >= 11 is 0. The van der Waals surface area contributed by atoms with Crippen LogP contribution in [0.2, 0.25) is 0 Å². The van der Waals surface area contributed by atoms with E-state index in [1.165, 1.54) is 16.8 Å². The molecule has 0 atom stereocenters. The zero-order chi connectivity index (χ0) is 27.7. The summed E-state index contributed by atoms with van der Waals surface area (Å²) in [6, 6.07) is 20.5. The molecule has 1 N–H and O–H groups in total. The molecule has 0 aliphatic carbocycles. The maximum Gasteiger partial charge on any atom is 0.162 e. The maximum absolute atomic E-state index is 11.7. The average Bonchev–Trinajstić information content (AvgIpc) is 3.30. The molecule has 4 aromatic heterocycles. The third-order valence-corrected chi connectivity index (χ3v) is 8.05. The standard InChI is InChI=1S/C21H12N3.C13H24O2.Ir/c1-12-18-7-6-13-8-9-22-19-16-10-14-4-2-3-5-15(14)11-17(16)21(23-12)24(18)20(13)19;1-5-10(6-2)12(14)9-13(15)11(7-3)8-4;/h2-9,11H,1H3;9-11,14H,5-8H2,1-4H3;/q-1;;/b;12-9-;. The van der Waals surface area contributed by atoms with Crippen LogP contribution in [0.5, 0.6) is 0 Å². The number of aliphatic hydroxyl groups is 1. The minimum Gasteiger partial charge on any atom is -0.512 e. The summed E-state index contributed by atoms with van der Waals surface area (Å²) in [6.45, 7) is 10.1. The van der Waals surface area contributed by atoms with Crippen molar-refractivity contribution < 1.29 is 30.0 Å². The Morgan fingerprint density at radius 1 is 0.975 bits per heavy atom. The average molecular weight is 711 g/mol. The van der Waals surface area contributed by atoms with E-state index in [-0.39, 0.29) is 43.5 Å². The third kappa shape index (κ3) is 5.23. The van der Waals surface area contributed by atoms with Gasteiger partial charge < -0.3 is 9.51 Å². The van der Waals surface area contributed by atoms with Gasteiger partial charge in [-0.3, -0.25) is 9.78 Å². The van der Waals surface area contributed by atoms with E-state index in [1.54, 1.807) is 0 Å². The van der Waals surface area contributed by atoms with E-state index in [0.29, 0.717) is 0 Å². The Balaban J connectivity index is 0.000000204. The van der Waals surface area contributed by atoms with Gasteiger partial charge in [-0.1, -0.05) is 62.7 Å². The summed E-state index contributed by atoms with van der Waals surface area (Å²) in [5.74, 6) is 0.547. The fraction of sp³-hybridized carbons (Fsp3) is 0.324. The van der Waals surface area contributed by atoms with Gasteiger partial charge in [-0.25, -0.2) is 4.98 Å². The summed E-state index contributed by atoms with van der Waals surface area (Å²) in [4.78, 5) is 21.3. The first-order valence-electron chi connectivity index (χ1n) is 14.1. The number of fused-ring (bicyclic) bond motifs is 4. The second-order valence-corrected chi connectivity index (χ2v) is 10.3. The summed E-state index contributed by atoms with van der Waals surface area (Å²) < 4.78 is 2.25. The molecule has 209 valence electrons. The van der Waals surface area contributed by atoms with Crippen LogP contribution in [0.25, 0.3) is 49.1 Å². The van der Waals surface area contributed by atoms with E-state index in [1.807, 2.05) is 40.0 Å². The molecule has 2 aromatic carbocycles. The number of rotatable bonds is 7. The van der Waals surface area contributed by atoms with Crippen LogP contribution in [0.3, 0.4) is 0 Å². The molecular weight excluding hydrogens is 675 g/mol. The van der Waals surface area contributed by atoms with Gasteiger partial charge in [0.2, 0.25) is 0 Å². The van der Waals surface area contributed by atoms with E-state index in [0.717, 1.165) is 69.7 Å². The fourth-order valence-corrected chi connectivity index (χ4v) is 5.64. The van der Waals surface area contributed by atoms with Crippen LogP contribution in [0.1, 0.15) is 59.1 Å². The molecule has 5 nitrogen and oxygen atoms in total. The van der Waals surface area contributed by atoms with Crippen LogP contribution in [0.15, 0.2) is 66.6 Å². The molecule has 0 saturated heterocycles. The molecule has 0 unspecified atom stereocenters. The smallest absolute Gasteiger partial charge is 0.162 e. The predicted octanol–water partition coefficient (Wildman–Crippen LogP) is 8.76. The van der Waals surface area contributed by atoms with E-state index in [9.17, 15) is 9.90 Å². The van der Waals surface area contributed by atoms with E-state index < -0.39 is 0 Å². The van der Waals surface area contributed by atoms with Gasteiger partial charge in [0.15, 0.2) is 5.78 Å². The van der Waals surface area contributed by atoms with Gasteiger partial charge in [-0.2, -0.15) is 0 Å². The number of hydrogen-bond acceptors (Lipinski definition) is 4. The minimum atomic E-state index is 0. The zero-order valence-electron chi connectivity index (χ0n) is 23.8. The summed E-state index contributed by atoms with van der Waals surface area (Å²) in [5, 5.41) is 15.4. The fourth-order valence-electron chi connectivity index (χ4n) is 5.64. The Hall–Kier alpha value is -3.34. The van der Waals surface area contributed by atoms with Crippen molar-refractivity contribution in [1.29, 1.82) is 0 Å². The molecule has 6 aromatic rings. The third-order valence-electron chi connectivity index (χ3n) is 8.05. The van der Waals surface area contributed by atoms with Gasteiger partial charge in [-0.15, -0.1) is 23.6 Å². The van der Waals surface area contributed by atoms with E-state index >= 15 is 0 Å². The van der Waals surface area contributed by atoms with Crippen molar-refractivity contribution >= 4 is 54.9 Å². The quantitative estimate of drug-likeness (QED) is 0.0592. The number of pyridine rings is 3. The molecule has 0 bridgehead atoms. The summed E-state index contributed by atoms with van der Waals surface area (Å²) in [7, 11) is 0. The van der Waals surface area contributed by atoms with Crippen molar-refractivity contribution in [2.75, 3.05) is 0 Å². The van der Waals surface area contributed by atoms with Crippen molar-refractivity contribution in [3.63, 3.8) is 0 Å². The number of aromatic nitrogens is 3. The number of hydrogen-bond donors (Lipinski definition) is 1. The molecule has 0 aliphatic rings. The van der Waals surface area contributed by atoms with Gasteiger partial charge in [0.1, 0.15) is 5.65 Å². The van der Waals surface area contributed by atoms with Gasteiger partial charge in [0.05, 0.1) is 17.0 Å². The largest absolute Gasteiger partial charge is 0.512 e. The van der Waals surface area contributed by atoms with Gasteiger partial charge in [0.25, 0.3) is 0 Å². The molecule has 4 heterocycles. The number of imidazole rings is 1. The molecule has 0 amide bonds. The van der Waals surface area contributed by atoms with Crippen LogP contribution in [0.4, 0.5) is 0 Å². The number of aliphatic hydroxyl groups excluding tert-OH is 1. The van der Waals surface area contributed by atoms with Crippen molar-refractivity contribution in [3.05, 3.63) is 78.3 Å². The topological polar surface area (TPSA) is 67.5 Å². The Morgan fingerprint density at radius 2 is 1.68 bits per heavy atom. The van der Waals surface area contributed by atoms with Crippen LogP contribution in [-0.4, -0.2) is 25.3 Å². The van der Waals surface area contributed by atoms with E-state index in [2.05, 4.69) is 59.9 Å². The number of benzene rings is 2. The predicted molar refractivity (Wildman–Crippen MR) is 162 cm³/mol. The monoisotopic (exact) mass is 711 g/mol. The molecule has 0 aliphatic heterocycles. The van der Waals surface area contributed by atoms with E-state index in [4.69, 9.17) is 9.97 Å². The first-order valence-corrected chi connectivity index (χ1v) is 14.1. The Bertz CT molecular complexity index is 1810. The number of aryl methyl sites for hydroxylation is 1. The van der Waals surface area contributed by atoms with Crippen LogP contribution < -0.4 is 0 Å². The molecule has 0 fully saturated rings. The SMILES string of the molecule is CCC(CC)C(=O)/C=C(\O)C(CC)CC.Cc1nc2c3cc4ccccc4[c-]c3c3nccc4ccc1n2c43.[Ir]. The molecule has 40 heavy (non-hydrogen) atoms. The van der Waals surface area contributed by atoms with Gasteiger partial charge in [0, 0.05) is 55.2 Å². The zero-order valence-corrected chi connectivity index (χ0v) is 26.2. The molecule has 0 saturated carbocycles. The summed E-state index contributed by atoms with van der Waals surface area (Å²) in [5.41, 5.74) is 5.30. The molecular formula is C34H36IrN3O2-. The maximum atomic E-state index is 11.7. The van der Waals surface area contributed by atoms with Crippen LogP contribution >= 0.6 is 0 Å². The van der Waals surface area contributed by atoms with Gasteiger partial charge in [-0.05, 0) is 55.5 Å². The van der Waals surface area contributed by atoms with Gasteiger partial charge >= 0.3 is 0 Å². The Labute approximate surface area is 249 Å². The molecule has 6 rings (SSSR count). The first kappa shape index (κ1) is 29.6. The number of nitrogens with zero attached hydrogens (tertiary/aromatic N) is 3. The van der Waals surface area contributed by atoms with Crippen molar-refractivity contribution in [2.24, 2.45) is 11.8 Å². The summed E-state index contributed by atoms with van der Waals surface area (Å²) in [6.07, 6.45) is 6.79. The number of carbonyl (C=O) groups excluding carboxylic acids is 1. The second kappa shape index (κ2) is 12.4. The molecule has 1 radical (unpaired) electrons. The number of carbonyl (C=O) groups is 1. The molecule has 0 spiro atoms. The van der Waals surface area contributed by atoms with Crippen molar-refractivity contribution in [3.8, 4) is 0 Å². The first-order chi connectivity index (χ1) is 18.9. The Kier molecular flexibility index (Phi) is 9.22. The molecule has 6 heteroatoms. The van der Waals surface area contributed by atoms with Crippen molar-refractivity contribution in [2.45, 2.75) is 60.3 Å². The Morgan fingerprint density at radius 3 is 2.38 bits per heavy atom. The van der Waals surface area contributed by atoms with Crippen LogP contribution in [0, 0.1) is 24.8 Å².